The van der Waals surface area contributed by atoms with E-state index in [9.17, 15) is 9.82 Å². The fraction of sp³-hybridized carbons (Fsp3) is 0.400. The van der Waals surface area contributed by atoms with Crippen LogP contribution in [0.3, 0.4) is 0 Å². The van der Waals surface area contributed by atoms with Crippen LogP contribution in [0.2, 0.25) is 0 Å². The molecule has 102 valence electrons. The summed E-state index contributed by atoms with van der Waals surface area (Å²) in [5, 5.41) is 9.72. The lowest BCUT2D eigenvalue weighted by molar-refractivity contribution is 0.0618. The Balaban J connectivity index is 1.86. The number of fused-ring (bicyclic) bond motifs is 1. The van der Waals surface area contributed by atoms with Gasteiger partial charge in [-0.2, -0.15) is 0 Å². The molecule has 0 unspecified atom stereocenters. The van der Waals surface area contributed by atoms with Crippen LogP contribution in [0.25, 0.3) is 0 Å². The van der Waals surface area contributed by atoms with Crippen LogP contribution in [0.5, 0.6) is 0 Å². The van der Waals surface area contributed by atoms with Crippen molar-refractivity contribution in [1.82, 2.24) is 4.90 Å². The molecule has 3 rings (SSSR count). The predicted molar refractivity (Wildman–Crippen MR) is 76.3 cm³/mol. The zero-order chi connectivity index (χ0) is 14.1. The lowest BCUT2D eigenvalue weighted by Gasteiger charge is -2.36. The fourth-order valence-corrected chi connectivity index (χ4v) is 2.68. The maximum atomic E-state index is 12.6. The van der Waals surface area contributed by atoms with Crippen LogP contribution in [0, 0.1) is 12.3 Å². The molecule has 0 atom stereocenters. The summed E-state index contributed by atoms with van der Waals surface area (Å²) in [4.78, 5) is 14.3. The summed E-state index contributed by atoms with van der Waals surface area (Å²) in [6.45, 7) is 0.724. The Hall–Kier alpha value is -1.77. The number of hydrogen-bond donors (Lipinski definition) is 1. The van der Waals surface area contributed by atoms with E-state index in [1.807, 2.05) is 6.07 Å². The van der Waals surface area contributed by atoms with Crippen LogP contribution in [0.1, 0.15) is 35.2 Å². The van der Waals surface area contributed by atoms with Crippen molar-refractivity contribution in [3.8, 4) is 12.3 Å². The number of terminal acetylenes is 1. The summed E-state index contributed by atoms with van der Waals surface area (Å²) < 4.78 is 5.14. The van der Waals surface area contributed by atoms with Crippen LogP contribution in [-0.4, -0.2) is 35.5 Å². The Bertz CT molecular complexity index is 577. The average molecular weight is 269 g/mol. The van der Waals surface area contributed by atoms with Gasteiger partial charge in [-0.05, 0) is 42.4 Å². The molecule has 0 aromatic heterocycles. The molecule has 0 radical (unpaired) electrons. The summed E-state index contributed by atoms with van der Waals surface area (Å²) in [7, 11) is -0.928. The second kappa shape index (κ2) is 5.32. The molecule has 2 aliphatic rings. The molecular weight excluding hydrogens is 253 g/mol. The highest BCUT2D eigenvalue weighted by Crippen LogP contribution is 2.26. The number of carbonyl (C=O) groups excluding carboxylic acids is 1. The monoisotopic (exact) mass is 269 g/mol. The molecule has 4 nitrogen and oxygen atoms in total. The molecule has 1 heterocycles. The fourth-order valence-electron chi connectivity index (χ4n) is 2.68. The summed E-state index contributed by atoms with van der Waals surface area (Å²) >= 11 is 0. The summed E-state index contributed by atoms with van der Waals surface area (Å²) in [6.07, 6.45) is 8.55. The third kappa shape index (κ3) is 2.22. The van der Waals surface area contributed by atoms with E-state index in [0.717, 1.165) is 24.8 Å². The highest BCUT2D eigenvalue weighted by Gasteiger charge is 2.31. The second-order valence-electron chi connectivity index (χ2n) is 5.30. The molecule has 0 spiro atoms. The lowest BCUT2D eigenvalue weighted by Crippen LogP contribution is -2.44. The van der Waals surface area contributed by atoms with Gasteiger partial charge in [0.25, 0.3) is 5.91 Å². The molecule has 1 aliphatic heterocycles. The summed E-state index contributed by atoms with van der Waals surface area (Å²) in [5.74, 6) is 2.50. The third-order valence-electron chi connectivity index (χ3n) is 4.09. The van der Waals surface area contributed by atoms with Gasteiger partial charge in [-0.3, -0.25) is 4.79 Å². The third-order valence-corrected chi connectivity index (χ3v) is 4.09. The van der Waals surface area contributed by atoms with E-state index in [4.69, 9.17) is 11.1 Å². The molecule has 5 heteroatoms. The van der Waals surface area contributed by atoms with Crippen molar-refractivity contribution in [2.45, 2.75) is 31.9 Å². The quantitative estimate of drug-likeness (QED) is 0.643. The first kappa shape index (κ1) is 13.2. The second-order valence-corrected chi connectivity index (χ2v) is 5.30. The van der Waals surface area contributed by atoms with Gasteiger partial charge in [-0.25, -0.2) is 0 Å². The molecule has 20 heavy (non-hydrogen) atoms. The van der Waals surface area contributed by atoms with Gasteiger partial charge < -0.3 is 14.6 Å². The Kier molecular flexibility index (Phi) is 3.52. The number of nitrogens with zero attached hydrogens (tertiary/aromatic N) is 1. The van der Waals surface area contributed by atoms with Crippen molar-refractivity contribution in [2.24, 2.45) is 0 Å². The van der Waals surface area contributed by atoms with E-state index in [1.54, 1.807) is 17.0 Å². The molecular formula is C15H16BNO3. The van der Waals surface area contributed by atoms with Crippen LogP contribution in [0.4, 0.5) is 0 Å². The molecule has 1 aliphatic carbocycles. The van der Waals surface area contributed by atoms with Crippen molar-refractivity contribution in [1.29, 1.82) is 0 Å². The van der Waals surface area contributed by atoms with Gasteiger partial charge in [-0.15, -0.1) is 6.42 Å². The molecule has 1 amide bonds. The van der Waals surface area contributed by atoms with Crippen molar-refractivity contribution < 1.29 is 14.5 Å². The van der Waals surface area contributed by atoms with E-state index >= 15 is 0 Å². The smallest absolute Gasteiger partial charge is 0.423 e. The van der Waals surface area contributed by atoms with E-state index in [0.29, 0.717) is 24.2 Å². The van der Waals surface area contributed by atoms with Gasteiger partial charge in [0.15, 0.2) is 0 Å². The van der Waals surface area contributed by atoms with Gasteiger partial charge in [0, 0.05) is 11.6 Å². The first-order chi connectivity index (χ1) is 9.70. The lowest BCUT2D eigenvalue weighted by atomic mass is 9.78. The highest BCUT2D eigenvalue weighted by atomic mass is 16.5. The molecule has 1 N–H and O–H groups in total. The minimum atomic E-state index is -0.928. The van der Waals surface area contributed by atoms with Crippen molar-refractivity contribution >= 4 is 18.5 Å². The Morgan fingerprint density at radius 1 is 1.55 bits per heavy atom. The van der Waals surface area contributed by atoms with Gasteiger partial charge in [0.05, 0.1) is 13.2 Å². The molecule has 0 bridgehead atoms. The zero-order valence-corrected chi connectivity index (χ0v) is 11.2. The van der Waals surface area contributed by atoms with E-state index < -0.39 is 7.12 Å². The van der Waals surface area contributed by atoms with Gasteiger partial charge >= 0.3 is 7.12 Å². The maximum Gasteiger partial charge on any atom is 0.491 e. The minimum Gasteiger partial charge on any atom is -0.423 e. The normalized spacial score (nSPS) is 17.3. The minimum absolute atomic E-state index is 0.0606. The van der Waals surface area contributed by atoms with Crippen molar-refractivity contribution in [3.63, 3.8) is 0 Å². The topological polar surface area (TPSA) is 49.8 Å². The first-order valence-electron chi connectivity index (χ1n) is 6.87. The zero-order valence-electron chi connectivity index (χ0n) is 11.2. The Labute approximate surface area is 118 Å². The van der Waals surface area contributed by atoms with E-state index in [2.05, 4.69) is 5.92 Å². The molecule has 0 saturated heterocycles. The van der Waals surface area contributed by atoms with Gasteiger partial charge in [0.1, 0.15) is 0 Å². The SMILES string of the molecule is C#CCN(C(=O)c1ccc2c(c1)B(O)OC2)C1CCC1. The highest BCUT2D eigenvalue weighted by molar-refractivity contribution is 6.61. The number of hydrogen-bond acceptors (Lipinski definition) is 3. The summed E-state index contributed by atoms with van der Waals surface area (Å²) in [5.41, 5.74) is 2.18. The molecule has 1 aromatic rings. The van der Waals surface area contributed by atoms with Crippen LogP contribution < -0.4 is 5.46 Å². The number of carbonyl (C=O) groups is 1. The first-order valence-corrected chi connectivity index (χ1v) is 6.87. The Morgan fingerprint density at radius 2 is 2.35 bits per heavy atom. The number of amides is 1. The number of rotatable bonds is 3. The van der Waals surface area contributed by atoms with Gasteiger partial charge in [-0.1, -0.05) is 12.0 Å². The van der Waals surface area contributed by atoms with Crippen LogP contribution in [-0.2, 0) is 11.3 Å². The largest absolute Gasteiger partial charge is 0.491 e. The molecule has 1 fully saturated rings. The van der Waals surface area contributed by atoms with Gasteiger partial charge in [0.2, 0.25) is 0 Å². The molecule has 1 saturated carbocycles. The average Bonchev–Trinajstić information content (AvgIpc) is 2.77. The predicted octanol–water partition coefficient (Wildman–Crippen LogP) is 0.532. The molecule has 1 aromatic carbocycles. The van der Waals surface area contributed by atoms with Crippen LogP contribution in [0.15, 0.2) is 18.2 Å². The van der Waals surface area contributed by atoms with Crippen LogP contribution >= 0.6 is 0 Å². The van der Waals surface area contributed by atoms with E-state index in [-0.39, 0.29) is 11.9 Å². The maximum absolute atomic E-state index is 12.6. The Morgan fingerprint density at radius 3 is 3.00 bits per heavy atom. The summed E-state index contributed by atoms with van der Waals surface area (Å²) in [6, 6.07) is 5.60. The van der Waals surface area contributed by atoms with E-state index in [1.165, 1.54) is 0 Å². The number of benzene rings is 1. The van der Waals surface area contributed by atoms with Crippen molar-refractivity contribution in [2.75, 3.05) is 6.54 Å². The standard InChI is InChI=1S/C15H16BNO3/c1-2-8-17(13-4-3-5-13)15(18)11-6-7-12-10-20-16(19)14(12)9-11/h1,6-7,9,13,19H,3-5,8,10H2. The van der Waals surface area contributed by atoms with Crippen molar-refractivity contribution in [3.05, 3.63) is 29.3 Å².